The quantitative estimate of drug-likeness (QED) is 0.864. The Labute approximate surface area is 113 Å². The van der Waals surface area contributed by atoms with Crippen molar-refractivity contribution in [3.05, 3.63) is 29.6 Å². The highest BCUT2D eigenvalue weighted by Crippen LogP contribution is 2.15. The van der Waals surface area contributed by atoms with E-state index in [-0.39, 0.29) is 29.9 Å². The molecule has 2 N–H and O–H groups in total. The average Bonchev–Trinajstić information content (AvgIpc) is 2.29. The maximum Gasteiger partial charge on any atom is 0.240 e. The van der Waals surface area contributed by atoms with Gasteiger partial charge >= 0.3 is 0 Å². The monoisotopic (exact) mass is 296 g/mol. The third-order valence-electron chi connectivity index (χ3n) is 2.51. The van der Waals surface area contributed by atoms with Crippen LogP contribution in [0.15, 0.2) is 23.1 Å². The molecule has 0 amide bonds. The second-order valence-electron chi connectivity index (χ2n) is 3.95. The Kier molecular flexibility index (Phi) is 6.77. The van der Waals surface area contributed by atoms with Gasteiger partial charge in [0.2, 0.25) is 10.0 Å². The van der Waals surface area contributed by atoms with Crippen molar-refractivity contribution in [2.24, 2.45) is 0 Å². The van der Waals surface area contributed by atoms with Gasteiger partial charge in [0.1, 0.15) is 5.82 Å². The van der Waals surface area contributed by atoms with Gasteiger partial charge in [0.25, 0.3) is 0 Å². The molecule has 1 rings (SSSR count). The topological polar surface area (TPSA) is 58.2 Å². The van der Waals surface area contributed by atoms with E-state index in [1.54, 1.807) is 14.0 Å². The van der Waals surface area contributed by atoms with E-state index in [0.717, 1.165) is 6.07 Å². The molecule has 0 aromatic heterocycles. The van der Waals surface area contributed by atoms with Crippen LogP contribution in [0.2, 0.25) is 0 Å². The summed E-state index contributed by atoms with van der Waals surface area (Å²) in [6.45, 7) is 3.74. The van der Waals surface area contributed by atoms with Crippen LogP contribution in [-0.4, -0.2) is 28.1 Å². The predicted octanol–water partition coefficient (Wildman–Crippen LogP) is 1.44. The normalized spacial score (nSPS) is 12.9. The van der Waals surface area contributed by atoms with E-state index in [1.807, 2.05) is 6.92 Å². The minimum Gasteiger partial charge on any atom is -0.316 e. The Morgan fingerprint density at radius 2 is 2.00 bits per heavy atom. The second kappa shape index (κ2) is 7.04. The van der Waals surface area contributed by atoms with Gasteiger partial charge in [0.05, 0.1) is 4.90 Å². The third-order valence-corrected chi connectivity index (χ3v) is 4.08. The molecular formula is C11H18ClFN2O2S. The van der Waals surface area contributed by atoms with Crippen molar-refractivity contribution in [1.29, 1.82) is 0 Å². The van der Waals surface area contributed by atoms with Gasteiger partial charge in [0.15, 0.2) is 0 Å². The van der Waals surface area contributed by atoms with Gasteiger partial charge in [-0.2, -0.15) is 0 Å². The Bertz CT molecular complexity index is 494. The molecule has 7 heteroatoms. The fourth-order valence-electron chi connectivity index (χ4n) is 1.28. The van der Waals surface area contributed by atoms with Crippen molar-refractivity contribution < 1.29 is 12.8 Å². The zero-order chi connectivity index (χ0) is 13.1. The Balaban J connectivity index is 0.00000289. The third kappa shape index (κ3) is 4.53. The molecule has 1 atom stereocenters. The summed E-state index contributed by atoms with van der Waals surface area (Å²) in [5, 5.41) is 2.91. The van der Waals surface area contributed by atoms with Crippen LogP contribution in [0.25, 0.3) is 0 Å². The van der Waals surface area contributed by atoms with Crippen molar-refractivity contribution in [3.63, 3.8) is 0 Å². The zero-order valence-corrected chi connectivity index (χ0v) is 12.2. The first-order chi connectivity index (χ1) is 7.86. The highest BCUT2D eigenvalue weighted by Gasteiger charge is 2.17. The molecule has 0 radical (unpaired) electrons. The molecule has 1 aromatic carbocycles. The number of hydrogen-bond acceptors (Lipinski definition) is 3. The van der Waals surface area contributed by atoms with Crippen LogP contribution in [0.5, 0.6) is 0 Å². The van der Waals surface area contributed by atoms with Crippen molar-refractivity contribution in [1.82, 2.24) is 10.0 Å². The van der Waals surface area contributed by atoms with Crippen LogP contribution in [0.4, 0.5) is 4.39 Å². The number of benzene rings is 1. The van der Waals surface area contributed by atoms with Gasteiger partial charge < -0.3 is 5.32 Å². The van der Waals surface area contributed by atoms with Gasteiger partial charge in [-0.05, 0) is 38.6 Å². The summed E-state index contributed by atoms with van der Waals surface area (Å²) in [5.41, 5.74) is 0.524. The van der Waals surface area contributed by atoms with Crippen LogP contribution in [0.1, 0.15) is 12.5 Å². The van der Waals surface area contributed by atoms with Gasteiger partial charge in [0, 0.05) is 12.6 Å². The van der Waals surface area contributed by atoms with E-state index < -0.39 is 15.8 Å². The minimum absolute atomic E-state index is 0. The Morgan fingerprint density at radius 1 is 1.39 bits per heavy atom. The number of likely N-dealkylation sites (N-methyl/N-ethyl adjacent to an activating group) is 1. The lowest BCUT2D eigenvalue weighted by molar-refractivity contribution is 0.552. The molecule has 0 fully saturated rings. The van der Waals surface area contributed by atoms with Gasteiger partial charge in [-0.3, -0.25) is 0 Å². The SMILES string of the molecule is CNC(C)CNS(=O)(=O)c1cc(F)ccc1C.Cl. The fourth-order valence-corrected chi connectivity index (χ4v) is 2.66. The summed E-state index contributed by atoms with van der Waals surface area (Å²) in [7, 11) is -1.91. The average molecular weight is 297 g/mol. The van der Waals surface area contributed by atoms with E-state index >= 15 is 0 Å². The number of rotatable bonds is 5. The maximum absolute atomic E-state index is 13.0. The number of sulfonamides is 1. The van der Waals surface area contributed by atoms with Crippen LogP contribution in [0, 0.1) is 12.7 Å². The lowest BCUT2D eigenvalue weighted by Crippen LogP contribution is -2.37. The summed E-state index contributed by atoms with van der Waals surface area (Å²) in [6, 6.07) is 3.73. The number of aryl methyl sites for hydroxylation is 1. The highest BCUT2D eigenvalue weighted by molar-refractivity contribution is 7.89. The molecule has 0 bridgehead atoms. The molecule has 1 aromatic rings. The van der Waals surface area contributed by atoms with Crippen molar-refractivity contribution in [2.45, 2.75) is 24.8 Å². The molecule has 0 spiro atoms. The van der Waals surface area contributed by atoms with Gasteiger partial charge in [-0.1, -0.05) is 6.07 Å². The summed E-state index contributed by atoms with van der Waals surface area (Å²) < 4.78 is 39.3. The Hall–Kier alpha value is -0.690. The molecule has 1 unspecified atom stereocenters. The molecule has 0 saturated carbocycles. The molecule has 0 saturated heterocycles. The summed E-state index contributed by atoms with van der Waals surface area (Å²) in [5.74, 6) is -0.558. The van der Waals surface area contributed by atoms with E-state index in [1.165, 1.54) is 12.1 Å². The van der Waals surface area contributed by atoms with E-state index in [4.69, 9.17) is 0 Å². The van der Waals surface area contributed by atoms with Crippen molar-refractivity contribution in [3.8, 4) is 0 Å². The number of hydrogen-bond donors (Lipinski definition) is 2. The van der Waals surface area contributed by atoms with Crippen LogP contribution < -0.4 is 10.0 Å². The summed E-state index contributed by atoms with van der Waals surface area (Å²) in [6.07, 6.45) is 0. The van der Waals surface area contributed by atoms with E-state index in [0.29, 0.717) is 5.56 Å². The predicted molar refractivity (Wildman–Crippen MR) is 72.1 cm³/mol. The largest absolute Gasteiger partial charge is 0.316 e. The van der Waals surface area contributed by atoms with Crippen LogP contribution in [-0.2, 0) is 10.0 Å². The standard InChI is InChI=1S/C11H17FN2O2S.ClH/c1-8-4-5-10(12)6-11(8)17(15,16)14-7-9(2)13-3;/h4-6,9,13-14H,7H2,1-3H3;1H. The maximum atomic E-state index is 13.0. The van der Waals surface area contributed by atoms with E-state index in [9.17, 15) is 12.8 Å². The molecule has 4 nitrogen and oxygen atoms in total. The number of halogens is 2. The molecular weight excluding hydrogens is 279 g/mol. The molecule has 0 heterocycles. The first-order valence-corrected chi connectivity index (χ1v) is 6.78. The lowest BCUT2D eigenvalue weighted by atomic mass is 10.2. The van der Waals surface area contributed by atoms with Crippen LogP contribution in [0.3, 0.4) is 0 Å². The summed E-state index contributed by atoms with van der Waals surface area (Å²) in [4.78, 5) is -0.0131. The van der Waals surface area contributed by atoms with Crippen molar-refractivity contribution >= 4 is 22.4 Å². The smallest absolute Gasteiger partial charge is 0.240 e. The zero-order valence-electron chi connectivity index (χ0n) is 10.5. The van der Waals surface area contributed by atoms with Gasteiger partial charge in [-0.15, -0.1) is 12.4 Å². The molecule has 0 aliphatic carbocycles. The van der Waals surface area contributed by atoms with Gasteiger partial charge in [-0.25, -0.2) is 17.5 Å². The Morgan fingerprint density at radius 3 is 2.56 bits per heavy atom. The molecule has 0 aliphatic heterocycles. The second-order valence-corrected chi connectivity index (χ2v) is 5.69. The fraction of sp³-hybridized carbons (Fsp3) is 0.455. The summed E-state index contributed by atoms with van der Waals surface area (Å²) >= 11 is 0. The first-order valence-electron chi connectivity index (χ1n) is 5.30. The highest BCUT2D eigenvalue weighted by atomic mass is 35.5. The molecule has 104 valence electrons. The van der Waals surface area contributed by atoms with E-state index in [2.05, 4.69) is 10.0 Å². The molecule has 0 aliphatic rings. The first kappa shape index (κ1) is 17.3. The van der Waals surface area contributed by atoms with Crippen molar-refractivity contribution in [2.75, 3.05) is 13.6 Å². The van der Waals surface area contributed by atoms with Crippen LogP contribution >= 0.6 is 12.4 Å². The lowest BCUT2D eigenvalue weighted by Gasteiger charge is -2.13. The number of nitrogens with one attached hydrogen (secondary N) is 2. The molecule has 18 heavy (non-hydrogen) atoms. The minimum atomic E-state index is -3.65.